The van der Waals surface area contributed by atoms with Gasteiger partial charge in [0.05, 0.1) is 11.4 Å². The van der Waals surface area contributed by atoms with Gasteiger partial charge in [0, 0.05) is 5.56 Å². The fourth-order valence-corrected chi connectivity index (χ4v) is 2.55. The minimum atomic E-state index is -0.539. The monoisotopic (exact) mass is 344 g/mol. The third kappa shape index (κ3) is 3.10. The van der Waals surface area contributed by atoms with E-state index in [1.54, 1.807) is 31.2 Å². The lowest BCUT2D eigenvalue weighted by Crippen LogP contribution is -2.20. The first-order chi connectivity index (χ1) is 12.5. The van der Waals surface area contributed by atoms with Crippen LogP contribution in [0.25, 0.3) is 5.69 Å². The van der Waals surface area contributed by atoms with Crippen LogP contribution in [0, 0.1) is 25.2 Å². The number of aromatic hydroxyl groups is 1. The number of hydrogen-bond acceptors (Lipinski definition) is 5. The van der Waals surface area contributed by atoms with Crippen molar-refractivity contribution >= 4 is 11.4 Å². The smallest absolute Gasteiger partial charge is 0.286 e. The van der Waals surface area contributed by atoms with E-state index in [1.165, 1.54) is 0 Å². The lowest BCUT2D eigenvalue weighted by atomic mass is 10.1. The highest BCUT2D eigenvalue weighted by Crippen LogP contribution is 2.28. The van der Waals surface area contributed by atoms with Gasteiger partial charge in [0.2, 0.25) is 5.88 Å². The van der Waals surface area contributed by atoms with E-state index >= 15 is 0 Å². The van der Waals surface area contributed by atoms with Crippen LogP contribution in [0.15, 0.2) is 69.6 Å². The zero-order valence-electron chi connectivity index (χ0n) is 14.3. The van der Waals surface area contributed by atoms with Crippen molar-refractivity contribution in [3.63, 3.8) is 0 Å². The molecule has 0 saturated heterocycles. The Morgan fingerprint density at radius 3 is 2.27 bits per heavy atom. The summed E-state index contributed by atoms with van der Waals surface area (Å²) in [5.74, 6) is -0.405. The molecule has 1 heterocycles. The van der Waals surface area contributed by atoms with Crippen LogP contribution < -0.4 is 5.56 Å². The number of nitriles is 1. The number of pyridine rings is 1. The molecule has 0 aliphatic heterocycles. The molecule has 0 fully saturated rings. The summed E-state index contributed by atoms with van der Waals surface area (Å²) in [5.41, 5.74) is 1.81. The van der Waals surface area contributed by atoms with Crippen molar-refractivity contribution in [1.29, 1.82) is 5.26 Å². The molecule has 0 saturated carbocycles. The molecule has 3 rings (SSSR count). The molecule has 0 amide bonds. The molecule has 26 heavy (non-hydrogen) atoms. The largest absolute Gasteiger partial charge is 0.493 e. The second kappa shape index (κ2) is 7.03. The molecule has 0 radical (unpaired) electrons. The molecule has 0 unspecified atom stereocenters. The molecule has 128 valence electrons. The first-order valence-corrected chi connectivity index (χ1v) is 7.95. The fraction of sp³-hybridized carbons (Fsp3) is 0.100. The number of aromatic nitrogens is 1. The highest BCUT2D eigenvalue weighted by atomic mass is 16.3. The van der Waals surface area contributed by atoms with Gasteiger partial charge in [-0.3, -0.25) is 4.79 Å². The van der Waals surface area contributed by atoms with E-state index in [0.717, 1.165) is 10.1 Å². The van der Waals surface area contributed by atoms with Gasteiger partial charge in [0.1, 0.15) is 11.6 Å². The lowest BCUT2D eigenvalue weighted by Gasteiger charge is -2.13. The van der Waals surface area contributed by atoms with Crippen LogP contribution in [0.5, 0.6) is 5.88 Å². The Balaban J connectivity index is 2.24. The summed E-state index contributed by atoms with van der Waals surface area (Å²) in [6.07, 6.45) is 0. The highest BCUT2D eigenvalue weighted by molar-refractivity contribution is 5.59. The maximum Gasteiger partial charge on any atom is 0.286 e. The van der Waals surface area contributed by atoms with Gasteiger partial charge in [-0.1, -0.05) is 35.9 Å². The normalized spacial score (nSPS) is 10.8. The van der Waals surface area contributed by atoms with Crippen LogP contribution in [-0.4, -0.2) is 9.67 Å². The molecule has 6 heteroatoms. The Kier molecular flexibility index (Phi) is 4.63. The molecule has 0 atom stereocenters. The molecule has 3 aromatic rings. The first kappa shape index (κ1) is 17.1. The van der Waals surface area contributed by atoms with Crippen LogP contribution in [0.1, 0.15) is 16.7 Å². The van der Waals surface area contributed by atoms with E-state index in [1.807, 2.05) is 43.3 Å². The van der Waals surface area contributed by atoms with Crippen molar-refractivity contribution in [2.45, 2.75) is 13.8 Å². The van der Waals surface area contributed by atoms with E-state index in [4.69, 9.17) is 0 Å². The molecule has 0 aliphatic carbocycles. The van der Waals surface area contributed by atoms with Gasteiger partial charge >= 0.3 is 0 Å². The van der Waals surface area contributed by atoms with Crippen LogP contribution in [0.4, 0.5) is 11.4 Å². The Morgan fingerprint density at radius 2 is 1.65 bits per heavy atom. The third-order valence-corrected chi connectivity index (χ3v) is 4.00. The Hall–Kier alpha value is -3.72. The van der Waals surface area contributed by atoms with Gasteiger partial charge in [-0.25, -0.2) is 4.57 Å². The van der Waals surface area contributed by atoms with Gasteiger partial charge in [-0.2, -0.15) is 10.4 Å². The molecule has 0 aliphatic rings. The number of hydrogen-bond donors (Lipinski definition) is 1. The number of azo groups is 1. The van der Waals surface area contributed by atoms with Gasteiger partial charge in [-0.15, -0.1) is 5.11 Å². The lowest BCUT2D eigenvalue weighted by molar-refractivity contribution is 0.433. The van der Waals surface area contributed by atoms with Crippen molar-refractivity contribution in [1.82, 2.24) is 4.57 Å². The fourth-order valence-electron chi connectivity index (χ4n) is 2.55. The summed E-state index contributed by atoms with van der Waals surface area (Å²) < 4.78 is 1.07. The number of aryl methyl sites for hydroxylation is 1. The minimum absolute atomic E-state index is 0.00723. The van der Waals surface area contributed by atoms with Gasteiger partial charge in [-0.05, 0) is 38.1 Å². The SMILES string of the molecule is Cc1ccc(-n2c(O)c(C#N)c(C)c(N=Nc3ccccc3)c2=O)cc1. The molecule has 1 N–H and O–H groups in total. The van der Waals surface area contributed by atoms with E-state index in [9.17, 15) is 15.2 Å². The minimum Gasteiger partial charge on any atom is -0.493 e. The second-order valence-electron chi connectivity index (χ2n) is 5.80. The molecule has 2 aromatic carbocycles. The predicted octanol–water partition coefficient (Wildman–Crippen LogP) is 4.45. The molecule has 0 spiro atoms. The summed E-state index contributed by atoms with van der Waals surface area (Å²) in [6.45, 7) is 3.49. The summed E-state index contributed by atoms with van der Waals surface area (Å²) in [7, 11) is 0. The van der Waals surface area contributed by atoms with Gasteiger partial charge in [0.25, 0.3) is 5.56 Å². The van der Waals surface area contributed by atoms with Crippen LogP contribution in [-0.2, 0) is 0 Å². The molecule has 6 nitrogen and oxygen atoms in total. The topological polar surface area (TPSA) is 90.7 Å². The van der Waals surface area contributed by atoms with Crippen LogP contribution in [0.2, 0.25) is 0 Å². The summed E-state index contributed by atoms with van der Waals surface area (Å²) in [4.78, 5) is 12.9. The highest BCUT2D eigenvalue weighted by Gasteiger charge is 2.20. The average molecular weight is 344 g/mol. The van der Waals surface area contributed by atoms with Gasteiger partial charge in [0.15, 0.2) is 5.69 Å². The molecule has 1 aromatic heterocycles. The first-order valence-electron chi connectivity index (χ1n) is 7.95. The quantitative estimate of drug-likeness (QED) is 0.712. The number of nitrogens with zero attached hydrogens (tertiary/aromatic N) is 4. The van der Waals surface area contributed by atoms with E-state index < -0.39 is 11.4 Å². The Bertz CT molecular complexity index is 1080. The van der Waals surface area contributed by atoms with E-state index in [-0.39, 0.29) is 16.8 Å². The standard InChI is InChI=1S/C20H16N4O2/c1-13-8-10-16(11-9-13)24-19(25)17(12-21)14(2)18(20(24)26)23-22-15-6-4-3-5-7-15/h3-11,25H,1-2H3. The second-order valence-corrected chi connectivity index (χ2v) is 5.80. The number of rotatable bonds is 3. The maximum atomic E-state index is 12.9. The summed E-state index contributed by atoms with van der Waals surface area (Å²) in [5, 5.41) is 28.0. The van der Waals surface area contributed by atoms with Gasteiger partial charge < -0.3 is 5.11 Å². The molecule has 0 bridgehead atoms. The number of benzene rings is 2. The molecular formula is C20H16N4O2. The van der Waals surface area contributed by atoms with Crippen molar-refractivity contribution in [3.8, 4) is 17.6 Å². The zero-order valence-corrected chi connectivity index (χ0v) is 14.3. The Morgan fingerprint density at radius 1 is 1.00 bits per heavy atom. The summed E-state index contributed by atoms with van der Waals surface area (Å²) >= 11 is 0. The predicted molar refractivity (Wildman–Crippen MR) is 98.5 cm³/mol. The average Bonchev–Trinajstić information content (AvgIpc) is 2.64. The van der Waals surface area contributed by atoms with E-state index in [2.05, 4.69) is 10.2 Å². The van der Waals surface area contributed by atoms with E-state index in [0.29, 0.717) is 11.4 Å². The van der Waals surface area contributed by atoms with Crippen molar-refractivity contribution in [3.05, 3.63) is 81.6 Å². The third-order valence-electron chi connectivity index (χ3n) is 4.00. The van der Waals surface area contributed by atoms with Crippen LogP contribution in [0.3, 0.4) is 0 Å². The van der Waals surface area contributed by atoms with Crippen molar-refractivity contribution < 1.29 is 5.11 Å². The van der Waals surface area contributed by atoms with Crippen molar-refractivity contribution in [2.24, 2.45) is 10.2 Å². The van der Waals surface area contributed by atoms with Crippen molar-refractivity contribution in [2.75, 3.05) is 0 Å². The zero-order chi connectivity index (χ0) is 18.7. The van der Waals surface area contributed by atoms with Crippen LogP contribution >= 0.6 is 0 Å². The summed E-state index contributed by atoms with van der Waals surface area (Å²) in [6, 6.07) is 17.9. The molecular weight excluding hydrogens is 328 g/mol. The Labute approximate surface area is 150 Å². The maximum absolute atomic E-state index is 12.9.